The predicted octanol–water partition coefficient (Wildman–Crippen LogP) is 2.81. The smallest absolute Gasteiger partial charge is 0.311 e. The Bertz CT molecular complexity index is 1140. The highest BCUT2D eigenvalue weighted by atomic mass is 16.5. The number of hydrogen-bond donors (Lipinski definition) is 0. The summed E-state index contributed by atoms with van der Waals surface area (Å²) in [5, 5.41) is 4.43. The lowest BCUT2D eigenvalue weighted by atomic mass is 9.91. The highest BCUT2D eigenvalue weighted by molar-refractivity contribution is 5.62. The average molecular weight is 405 g/mol. The van der Waals surface area contributed by atoms with Crippen molar-refractivity contribution in [1.29, 1.82) is 0 Å². The van der Waals surface area contributed by atoms with Crippen LogP contribution in [-0.4, -0.2) is 37.2 Å². The molecule has 30 heavy (non-hydrogen) atoms. The van der Waals surface area contributed by atoms with Crippen molar-refractivity contribution in [2.75, 3.05) is 32.3 Å². The van der Waals surface area contributed by atoms with Crippen molar-refractivity contribution in [3.8, 4) is 17.2 Å². The van der Waals surface area contributed by atoms with Gasteiger partial charge in [-0.3, -0.25) is 4.79 Å². The maximum Gasteiger partial charge on any atom is 0.311 e. The lowest BCUT2D eigenvalue weighted by Gasteiger charge is -2.42. The quantitative estimate of drug-likeness (QED) is 0.665. The highest BCUT2D eigenvalue weighted by Gasteiger charge is 2.36. The molecule has 7 nitrogen and oxygen atoms in total. The van der Waals surface area contributed by atoms with Crippen LogP contribution < -0.4 is 24.7 Å². The summed E-state index contributed by atoms with van der Waals surface area (Å²) in [7, 11) is 3.28. The fraction of sp³-hybridized carbons (Fsp3) is 0.304. The van der Waals surface area contributed by atoms with Gasteiger partial charge in [-0.15, -0.1) is 0 Å². The minimum absolute atomic E-state index is 0.00669. The molecule has 7 heteroatoms. The van der Waals surface area contributed by atoms with Gasteiger partial charge in [-0.05, 0) is 35.2 Å². The summed E-state index contributed by atoms with van der Waals surface area (Å²) in [5.74, 6) is 1.80. The van der Waals surface area contributed by atoms with E-state index < -0.39 is 0 Å². The number of benzene rings is 2. The molecule has 5 rings (SSSR count). The zero-order valence-electron chi connectivity index (χ0n) is 17.0. The first-order chi connectivity index (χ1) is 14.7. The molecule has 0 radical (unpaired) electrons. The number of anilines is 1. The number of hydrogen-bond acceptors (Lipinski definition) is 6. The minimum atomic E-state index is -0.201. The summed E-state index contributed by atoms with van der Waals surface area (Å²) in [5.41, 5.74) is 3.92. The van der Waals surface area contributed by atoms with Gasteiger partial charge < -0.3 is 19.1 Å². The van der Waals surface area contributed by atoms with Crippen LogP contribution in [0.2, 0.25) is 0 Å². The van der Waals surface area contributed by atoms with Gasteiger partial charge in [0.15, 0.2) is 11.5 Å². The maximum absolute atomic E-state index is 13.0. The van der Waals surface area contributed by atoms with Gasteiger partial charge in [-0.1, -0.05) is 30.3 Å². The second-order valence-electron chi connectivity index (χ2n) is 7.48. The van der Waals surface area contributed by atoms with Crippen LogP contribution >= 0.6 is 0 Å². The van der Waals surface area contributed by atoms with E-state index in [1.54, 1.807) is 20.4 Å². The van der Waals surface area contributed by atoms with Gasteiger partial charge in [0.2, 0.25) is 5.75 Å². The summed E-state index contributed by atoms with van der Waals surface area (Å²) in [6.07, 6.45) is 2.59. The molecule has 0 spiro atoms. The molecule has 0 N–H and O–H groups in total. The predicted molar refractivity (Wildman–Crippen MR) is 113 cm³/mol. The van der Waals surface area contributed by atoms with Gasteiger partial charge >= 0.3 is 5.56 Å². The third-order valence-electron chi connectivity index (χ3n) is 5.85. The number of aromatic nitrogens is 2. The molecular weight excluding hydrogens is 382 g/mol. The van der Waals surface area contributed by atoms with E-state index in [1.807, 2.05) is 42.5 Å². The van der Waals surface area contributed by atoms with Crippen LogP contribution in [0, 0.1) is 0 Å². The van der Waals surface area contributed by atoms with E-state index in [0.29, 0.717) is 24.7 Å². The van der Waals surface area contributed by atoms with E-state index in [2.05, 4.69) is 10.00 Å². The molecule has 1 atom stereocenters. The molecule has 0 saturated carbocycles. The zero-order valence-corrected chi connectivity index (χ0v) is 17.0. The molecule has 2 aliphatic rings. The molecule has 3 aromatic rings. The number of fused-ring (bicyclic) bond motifs is 5. The van der Waals surface area contributed by atoms with Crippen molar-refractivity contribution in [2.24, 2.45) is 0 Å². The third-order valence-corrected chi connectivity index (χ3v) is 5.85. The van der Waals surface area contributed by atoms with Gasteiger partial charge in [0.25, 0.3) is 0 Å². The summed E-state index contributed by atoms with van der Waals surface area (Å²) < 4.78 is 18.4. The van der Waals surface area contributed by atoms with E-state index in [0.717, 1.165) is 35.5 Å². The van der Waals surface area contributed by atoms with E-state index in [-0.39, 0.29) is 11.6 Å². The third kappa shape index (κ3) is 2.98. The highest BCUT2D eigenvalue weighted by Crippen LogP contribution is 2.43. The first-order valence-electron chi connectivity index (χ1n) is 9.98. The Balaban J connectivity index is 1.50. The molecular formula is C23H23N3O4. The molecule has 1 aromatic heterocycles. The van der Waals surface area contributed by atoms with E-state index >= 15 is 0 Å². The second kappa shape index (κ2) is 7.40. The Morgan fingerprint density at radius 1 is 1.13 bits per heavy atom. The molecule has 2 aliphatic heterocycles. The van der Waals surface area contributed by atoms with Crippen molar-refractivity contribution >= 4 is 5.69 Å². The lowest BCUT2D eigenvalue weighted by Crippen LogP contribution is -2.44. The van der Waals surface area contributed by atoms with Crippen LogP contribution in [-0.2, 0) is 13.0 Å². The minimum Gasteiger partial charge on any atom is -0.493 e. The van der Waals surface area contributed by atoms with Crippen LogP contribution in [0.5, 0.6) is 17.2 Å². The van der Waals surface area contributed by atoms with Gasteiger partial charge in [-0.2, -0.15) is 5.10 Å². The van der Waals surface area contributed by atoms with Crippen molar-refractivity contribution in [2.45, 2.75) is 19.0 Å². The normalized spacial score (nSPS) is 16.7. The van der Waals surface area contributed by atoms with Gasteiger partial charge in [0, 0.05) is 6.54 Å². The molecule has 0 fully saturated rings. The fourth-order valence-corrected chi connectivity index (χ4v) is 4.33. The number of ether oxygens (including phenoxy) is 3. The van der Waals surface area contributed by atoms with Crippen LogP contribution in [0.1, 0.15) is 22.7 Å². The van der Waals surface area contributed by atoms with Crippen molar-refractivity contribution in [3.63, 3.8) is 0 Å². The average Bonchev–Trinajstić information content (AvgIpc) is 2.80. The standard InChI is InChI=1S/C23H23N3O4/c1-28-20-10-16-8-9-25-18-12-24-26(13-15-6-4-3-5-7-15)23(27)22(18)30-14-19(25)17(16)11-21(20)29-2/h3-7,10-12,19H,8-9,13-14H2,1-2H3. The fourth-order valence-electron chi connectivity index (χ4n) is 4.33. The number of nitrogens with zero attached hydrogens (tertiary/aromatic N) is 3. The van der Waals surface area contributed by atoms with E-state index in [1.165, 1.54) is 10.2 Å². The molecule has 1 unspecified atom stereocenters. The molecule has 0 bridgehead atoms. The molecule has 0 aliphatic carbocycles. The Hall–Kier alpha value is -3.48. The number of methoxy groups -OCH3 is 2. The molecule has 154 valence electrons. The Kier molecular flexibility index (Phi) is 4.58. The summed E-state index contributed by atoms with van der Waals surface area (Å²) in [6.45, 7) is 1.60. The second-order valence-corrected chi connectivity index (χ2v) is 7.48. The van der Waals surface area contributed by atoms with Gasteiger partial charge in [0.05, 0.1) is 33.0 Å². The summed E-state index contributed by atoms with van der Waals surface area (Å²) >= 11 is 0. The maximum atomic E-state index is 13.0. The first kappa shape index (κ1) is 18.5. The van der Waals surface area contributed by atoms with Crippen LogP contribution in [0.15, 0.2) is 53.5 Å². The topological polar surface area (TPSA) is 65.8 Å². The molecule has 0 amide bonds. The van der Waals surface area contributed by atoms with E-state index in [9.17, 15) is 4.79 Å². The molecule has 2 aromatic carbocycles. The van der Waals surface area contributed by atoms with Crippen LogP contribution in [0.25, 0.3) is 0 Å². The summed E-state index contributed by atoms with van der Waals surface area (Å²) in [4.78, 5) is 15.3. The van der Waals surface area contributed by atoms with Crippen molar-refractivity contribution in [3.05, 3.63) is 75.7 Å². The Labute approximate surface area is 174 Å². The van der Waals surface area contributed by atoms with Crippen molar-refractivity contribution in [1.82, 2.24) is 9.78 Å². The zero-order chi connectivity index (χ0) is 20.7. The Morgan fingerprint density at radius 2 is 1.90 bits per heavy atom. The van der Waals surface area contributed by atoms with Gasteiger partial charge in [0.1, 0.15) is 12.3 Å². The van der Waals surface area contributed by atoms with E-state index in [4.69, 9.17) is 14.2 Å². The largest absolute Gasteiger partial charge is 0.493 e. The van der Waals surface area contributed by atoms with Gasteiger partial charge in [-0.25, -0.2) is 4.68 Å². The molecule has 3 heterocycles. The van der Waals surface area contributed by atoms with Crippen LogP contribution in [0.3, 0.4) is 0 Å². The first-order valence-corrected chi connectivity index (χ1v) is 9.98. The molecule has 0 saturated heterocycles. The number of rotatable bonds is 4. The Morgan fingerprint density at radius 3 is 2.67 bits per heavy atom. The lowest BCUT2D eigenvalue weighted by molar-refractivity contribution is 0.251. The monoisotopic (exact) mass is 405 g/mol. The van der Waals surface area contributed by atoms with Crippen LogP contribution in [0.4, 0.5) is 5.69 Å². The van der Waals surface area contributed by atoms with Crippen molar-refractivity contribution < 1.29 is 14.2 Å². The SMILES string of the molecule is COc1cc2c(cc1OC)C1COc3c(cnn(Cc4ccccc4)c3=O)N1CC2. The summed E-state index contributed by atoms with van der Waals surface area (Å²) in [6, 6.07) is 13.9.